The molecule has 2 N–H and O–H groups in total. The van der Waals surface area contributed by atoms with Gasteiger partial charge in [-0.05, 0) is 28.1 Å². The van der Waals surface area contributed by atoms with Crippen LogP contribution in [0.3, 0.4) is 0 Å². The van der Waals surface area contributed by atoms with E-state index >= 15 is 0 Å². The Kier molecular flexibility index (Phi) is 3.30. The number of hydrogen-bond donors (Lipinski definition) is 1. The Morgan fingerprint density at radius 2 is 2.25 bits per heavy atom. The van der Waals surface area contributed by atoms with Crippen molar-refractivity contribution in [2.75, 3.05) is 5.73 Å². The van der Waals surface area contributed by atoms with Crippen molar-refractivity contribution in [3.63, 3.8) is 0 Å². The molecule has 0 spiro atoms. The first kappa shape index (κ1) is 12.9. The summed E-state index contributed by atoms with van der Waals surface area (Å²) in [5, 5.41) is 9.20. The van der Waals surface area contributed by atoms with Crippen LogP contribution >= 0.6 is 27.3 Å². The predicted octanol–water partition coefficient (Wildman–Crippen LogP) is 4.29. The van der Waals surface area contributed by atoms with Gasteiger partial charge in [-0.1, -0.05) is 6.07 Å². The molecule has 0 fully saturated rings. The largest absolute Gasteiger partial charge is 0.457 e. The molecule has 0 amide bonds. The zero-order chi connectivity index (χ0) is 14.1. The molecule has 3 rings (SSSR count). The molecular formula is C14H8BrN3OS. The highest BCUT2D eigenvalue weighted by Gasteiger charge is 2.21. The van der Waals surface area contributed by atoms with Crippen molar-refractivity contribution in [2.45, 2.75) is 0 Å². The Hall–Kier alpha value is -2.10. The summed E-state index contributed by atoms with van der Waals surface area (Å²) in [7, 11) is 0. The number of nitrogen functional groups attached to an aromatic ring is 1. The number of hydrogen-bond acceptors (Lipinski definition) is 5. The molecule has 3 heterocycles. The molecule has 0 atom stereocenters. The normalized spacial score (nSPS) is 10.4. The summed E-state index contributed by atoms with van der Waals surface area (Å²) in [4.78, 5) is 5.50. The number of rotatable bonds is 2. The van der Waals surface area contributed by atoms with E-state index in [0.29, 0.717) is 15.2 Å². The Morgan fingerprint density at radius 3 is 2.85 bits per heavy atom. The molecule has 6 heteroatoms. The van der Waals surface area contributed by atoms with Crippen molar-refractivity contribution in [2.24, 2.45) is 0 Å². The average molecular weight is 346 g/mol. The number of nitrogens with zero attached hydrogens (tertiary/aromatic N) is 2. The minimum atomic E-state index is 0.480. The highest BCUT2D eigenvalue weighted by Crippen LogP contribution is 2.46. The van der Waals surface area contributed by atoms with Crippen LogP contribution in [-0.2, 0) is 0 Å². The van der Waals surface area contributed by atoms with Crippen LogP contribution in [0, 0.1) is 11.3 Å². The van der Waals surface area contributed by atoms with Gasteiger partial charge in [-0.15, -0.1) is 11.3 Å². The summed E-state index contributed by atoms with van der Waals surface area (Å²) in [5.74, 6) is 0. The maximum atomic E-state index is 9.20. The van der Waals surface area contributed by atoms with Crippen molar-refractivity contribution in [3.05, 3.63) is 46.4 Å². The van der Waals surface area contributed by atoms with Crippen LogP contribution in [0.1, 0.15) is 4.88 Å². The van der Waals surface area contributed by atoms with Gasteiger partial charge < -0.3 is 10.2 Å². The van der Waals surface area contributed by atoms with Gasteiger partial charge in [-0.3, -0.25) is 4.98 Å². The average Bonchev–Trinajstić information content (AvgIpc) is 3.03. The lowest BCUT2D eigenvalue weighted by Gasteiger charge is -2.04. The number of nitriles is 1. The van der Waals surface area contributed by atoms with Crippen LogP contribution in [0.25, 0.3) is 21.6 Å². The summed E-state index contributed by atoms with van der Waals surface area (Å²) >= 11 is 4.72. The smallest absolute Gasteiger partial charge is 0.177 e. The van der Waals surface area contributed by atoms with Crippen molar-refractivity contribution >= 4 is 33.0 Å². The molecule has 0 bridgehead atoms. The first-order valence-corrected chi connectivity index (χ1v) is 7.29. The molecule has 0 saturated carbocycles. The van der Waals surface area contributed by atoms with Gasteiger partial charge >= 0.3 is 0 Å². The topological polar surface area (TPSA) is 75.8 Å². The molecule has 0 unspecified atom stereocenters. The van der Waals surface area contributed by atoms with Gasteiger partial charge in [0.2, 0.25) is 0 Å². The summed E-state index contributed by atoms with van der Waals surface area (Å²) in [6.45, 7) is 0. The maximum absolute atomic E-state index is 9.20. The van der Waals surface area contributed by atoms with E-state index in [1.165, 1.54) is 11.3 Å². The fourth-order valence-electron chi connectivity index (χ4n) is 1.97. The van der Waals surface area contributed by atoms with Crippen LogP contribution in [0.5, 0.6) is 0 Å². The van der Waals surface area contributed by atoms with Gasteiger partial charge in [0.05, 0.1) is 16.8 Å². The second-order valence-corrected chi connectivity index (χ2v) is 5.75. The van der Waals surface area contributed by atoms with Crippen LogP contribution in [0.15, 0.2) is 45.9 Å². The van der Waals surface area contributed by atoms with Gasteiger partial charge in [-0.2, -0.15) is 5.26 Å². The maximum Gasteiger partial charge on any atom is 0.177 e. The molecule has 0 saturated heterocycles. The molecule has 0 radical (unpaired) electrons. The molecular weight excluding hydrogens is 338 g/mol. The fraction of sp³-hybridized carbons (Fsp3) is 0. The minimum Gasteiger partial charge on any atom is -0.457 e. The van der Waals surface area contributed by atoms with Gasteiger partial charge in [-0.25, -0.2) is 0 Å². The lowest BCUT2D eigenvalue weighted by molar-refractivity contribution is 0.542. The summed E-state index contributed by atoms with van der Waals surface area (Å²) in [5.41, 5.74) is 9.18. The summed E-state index contributed by atoms with van der Waals surface area (Å²) in [6, 6.07) is 7.74. The molecule has 20 heavy (non-hydrogen) atoms. The fourth-order valence-corrected chi connectivity index (χ4v) is 3.60. The predicted molar refractivity (Wildman–Crippen MR) is 82.1 cm³/mol. The zero-order valence-corrected chi connectivity index (χ0v) is 12.5. The lowest BCUT2D eigenvalue weighted by Crippen LogP contribution is -1.89. The van der Waals surface area contributed by atoms with Crippen molar-refractivity contribution in [3.8, 4) is 27.6 Å². The molecule has 0 aliphatic carbocycles. The Labute approximate surface area is 127 Å². The lowest BCUT2D eigenvalue weighted by atomic mass is 10.0. The third-order valence-electron chi connectivity index (χ3n) is 2.86. The quantitative estimate of drug-likeness (QED) is 0.751. The van der Waals surface area contributed by atoms with E-state index in [0.717, 1.165) is 21.6 Å². The number of thiophene rings is 1. The van der Waals surface area contributed by atoms with Crippen molar-refractivity contribution in [1.82, 2.24) is 4.98 Å². The Balaban J connectivity index is 2.31. The van der Waals surface area contributed by atoms with E-state index in [9.17, 15) is 5.26 Å². The molecule has 98 valence electrons. The zero-order valence-electron chi connectivity index (χ0n) is 10.1. The van der Waals surface area contributed by atoms with E-state index in [-0.39, 0.29) is 0 Å². The van der Waals surface area contributed by atoms with E-state index in [1.807, 2.05) is 18.2 Å². The summed E-state index contributed by atoms with van der Waals surface area (Å²) < 4.78 is 5.90. The highest BCUT2D eigenvalue weighted by molar-refractivity contribution is 9.10. The third-order valence-corrected chi connectivity index (χ3v) is 4.62. The number of aromatic nitrogens is 1. The standard InChI is InChI=1S/C14H8BrN3OS/c15-14-9(3-5-19-14)13-11(8-2-1-4-18-7-8)12(17)10(6-16)20-13/h1-5,7H,17H2. The number of nitrogens with two attached hydrogens (primary N) is 1. The van der Waals surface area contributed by atoms with E-state index in [2.05, 4.69) is 27.0 Å². The molecule has 0 aliphatic heterocycles. The Morgan fingerprint density at radius 1 is 1.40 bits per heavy atom. The molecule has 0 aromatic carbocycles. The van der Waals surface area contributed by atoms with Crippen molar-refractivity contribution in [1.29, 1.82) is 5.26 Å². The van der Waals surface area contributed by atoms with Crippen LogP contribution in [-0.4, -0.2) is 4.98 Å². The first-order chi connectivity index (χ1) is 9.72. The number of furan rings is 1. The second-order valence-electron chi connectivity index (χ2n) is 4.01. The highest BCUT2D eigenvalue weighted by atomic mass is 79.9. The van der Waals surface area contributed by atoms with E-state index in [1.54, 1.807) is 18.7 Å². The molecule has 0 aliphatic rings. The molecule has 3 aromatic rings. The first-order valence-electron chi connectivity index (χ1n) is 5.68. The Bertz CT molecular complexity index is 802. The number of halogens is 1. The summed E-state index contributed by atoms with van der Waals surface area (Å²) in [6.07, 6.45) is 5.02. The monoisotopic (exact) mass is 345 g/mol. The molecule has 3 aromatic heterocycles. The van der Waals surface area contributed by atoms with Crippen molar-refractivity contribution < 1.29 is 4.42 Å². The van der Waals surface area contributed by atoms with Crippen LogP contribution in [0.4, 0.5) is 5.69 Å². The van der Waals surface area contributed by atoms with Gasteiger partial charge in [0, 0.05) is 29.1 Å². The van der Waals surface area contributed by atoms with Crippen LogP contribution in [0.2, 0.25) is 0 Å². The van der Waals surface area contributed by atoms with E-state index < -0.39 is 0 Å². The molecule has 4 nitrogen and oxygen atoms in total. The second kappa shape index (κ2) is 5.12. The third kappa shape index (κ3) is 2.01. The van der Waals surface area contributed by atoms with Crippen LogP contribution < -0.4 is 5.73 Å². The van der Waals surface area contributed by atoms with Gasteiger partial charge in [0.25, 0.3) is 0 Å². The van der Waals surface area contributed by atoms with E-state index in [4.69, 9.17) is 10.2 Å². The SMILES string of the molecule is N#Cc1sc(-c2ccoc2Br)c(-c2cccnc2)c1N. The number of anilines is 1. The van der Waals surface area contributed by atoms with Gasteiger partial charge in [0.15, 0.2) is 4.67 Å². The van der Waals surface area contributed by atoms with Gasteiger partial charge in [0.1, 0.15) is 10.9 Å². The minimum absolute atomic E-state index is 0.480. The number of pyridine rings is 1.